The van der Waals surface area contributed by atoms with E-state index < -0.39 is 0 Å². The second kappa shape index (κ2) is 8.37. The van der Waals surface area contributed by atoms with E-state index in [-0.39, 0.29) is 18.4 Å². The van der Waals surface area contributed by atoms with E-state index in [1.807, 2.05) is 18.2 Å². The predicted octanol–water partition coefficient (Wildman–Crippen LogP) is 1.83. The highest BCUT2D eigenvalue weighted by Crippen LogP contribution is 2.31. The smallest absolute Gasteiger partial charge is 0.245 e. The van der Waals surface area contributed by atoms with Crippen molar-refractivity contribution in [3.8, 4) is 11.5 Å². The summed E-state index contributed by atoms with van der Waals surface area (Å²) in [5.41, 5.74) is 1.08. The Morgan fingerprint density at radius 3 is 2.69 bits per heavy atom. The number of aryl methyl sites for hydroxylation is 2. The van der Waals surface area contributed by atoms with Gasteiger partial charge in [0.25, 0.3) is 0 Å². The van der Waals surface area contributed by atoms with Crippen LogP contribution in [-0.2, 0) is 16.0 Å². The maximum atomic E-state index is 11.9. The van der Waals surface area contributed by atoms with Crippen molar-refractivity contribution in [2.75, 3.05) is 25.1 Å². The SMILES string of the molecule is Cc1cc(NC(=O)CNC(=O)CCCc2ccc3c(c2)OCCO3)no1. The van der Waals surface area contributed by atoms with Crippen molar-refractivity contribution in [3.05, 3.63) is 35.6 Å². The summed E-state index contributed by atoms with van der Waals surface area (Å²) in [6.45, 7) is 2.74. The van der Waals surface area contributed by atoms with Gasteiger partial charge in [0.1, 0.15) is 19.0 Å². The first-order chi connectivity index (χ1) is 12.6. The van der Waals surface area contributed by atoms with Crippen LogP contribution in [0.25, 0.3) is 0 Å². The lowest BCUT2D eigenvalue weighted by atomic mass is 10.1. The zero-order valence-electron chi connectivity index (χ0n) is 14.5. The molecule has 26 heavy (non-hydrogen) atoms. The van der Waals surface area contributed by atoms with Crippen LogP contribution in [0.15, 0.2) is 28.8 Å². The van der Waals surface area contributed by atoms with Gasteiger partial charge in [-0.05, 0) is 37.5 Å². The summed E-state index contributed by atoms with van der Waals surface area (Å²) in [4.78, 5) is 23.6. The fraction of sp³-hybridized carbons (Fsp3) is 0.389. The van der Waals surface area contributed by atoms with Crippen LogP contribution in [0, 0.1) is 6.92 Å². The van der Waals surface area contributed by atoms with Crippen molar-refractivity contribution < 1.29 is 23.6 Å². The van der Waals surface area contributed by atoms with Gasteiger partial charge >= 0.3 is 0 Å². The standard InChI is InChI=1S/C18H21N3O5/c1-12-9-16(21-26-12)20-18(23)11-19-17(22)4-2-3-13-5-6-14-15(10-13)25-8-7-24-14/h5-6,9-10H,2-4,7-8,11H2,1H3,(H,19,22)(H,20,21,23). The van der Waals surface area contributed by atoms with Crippen LogP contribution in [0.2, 0.25) is 0 Å². The lowest BCUT2D eigenvalue weighted by molar-refractivity contribution is -0.124. The third-order valence-corrected chi connectivity index (χ3v) is 3.82. The van der Waals surface area contributed by atoms with Crippen LogP contribution < -0.4 is 20.1 Å². The lowest BCUT2D eigenvalue weighted by Crippen LogP contribution is -2.32. The van der Waals surface area contributed by atoms with Crippen molar-refractivity contribution in [1.29, 1.82) is 0 Å². The zero-order valence-corrected chi connectivity index (χ0v) is 14.5. The number of hydrogen-bond acceptors (Lipinski definition) is 6. The van der Waals surface area contributed by atoms with Crippen LogP contribution in [0.5, 0.6) is 11.5 Å². The van der Waals surface area contributed by atoms with Gasteiger partial charge in [-0.2, -0.15) is 0 Å². The number of hydrogen-bond donors (Lipinski definition) is 2. The maximum absolute atomic E-state index is 11.9. The Kier molecular flexibility index (Phi) is 5.73. The van der Waals surface area contributed by atoms with Gasteiger partial charge in [0.05, 0.1) is 6.54 Å². The molecular weight excluding hydrogens is 338 g/mol. The summed E-state index contributed by atoms with van der Waals surface area (Å²) in [6.07, 6.45) is 1.76. The zero-order chi connectivity index (χ0) is 18.4. The fourth-order valence-corrected chi connectivity index (χ4v) is 2.58. The van der Waals surface area contributed by atoms with Crippen molar-refractivity contribution in [3.63, 3.8) is 0 Å². The number of nitrogens with one attached hydrogen (secondary N) is 2. The number of fused-ring (bicyclic) bond motifs is 1. The molecular formula is C18H21N3O5. The van der Waals surface area contributed by atoms with Gasteiger partial charge in [-0.1, -0.05) is 11.2 Å². The molecule has 2 amide bonds. The third kappa shape index (κ3) is 4.98. The van der Waals surface area contributed by atoms with E-state index in [9.17, 15) is 9.59 Å². The number of anilines is 1. The van der Waals surface area contributed by atoms with E-state index in [1.54, 1.807) is 13.0 Å². The van der Waals surface area contributed by atoms with Crippen LogP contribution in [0.3, 0.4) is 0 Å². The second-order valence-corrected chi connectivity index (χ2v) is 5.98. The first-order valence-electron chi connectivity index (χ1n) is 8.48. The molecule has 1 aliphatic heterocycles. The first kappa shape index (κ1) is 17.8. The number of amides is 2. The van der Waals surface area contributed by atoms with Gasteiger partial charge in [0.2, 0.25) is 11.8 Å². The van der Waals surface area contributed by atoms with Crippen LogP contribution in [0.1, 0.15) is 24.2 Å². The summed E-state index contributed by atoms with van der Waals surface area (Å²) in [7, 11) is 0. The van der Waals surface area contributed by atoms with E-state index in [0.717, 1.165) is 23.5 Å². The highest BCUT2D eigenvalue weighted by molar-refractivity contribution is 5.93. The molecule has 0 fully saturated rings. The minimum Gasteiger partial charge on any atom is -0.486 e. The minimum absolute atomic E-state index is 0.102. The Hall–Kier alpha value is -3.03. The maximum Gasteiger partial charge on any atom is 0.245 e. The van der Waals surface area contributed by atoms with Crippen LogP contribution >= 0.6 is 0 Å². The Labute approximate surface area is 150 Å². The number of rotatable bonds is 7. The molecule has 1 aromatic heterocycles. The van der Waals surface area contributed by atoms with E-state index in [2.05, 4.69) is 15.8 Å². The Morgan fingerprint density at radius 1 is 1.12 bits per heavy atom. The average Bonchev–Trinajstić information content (AvgIpc) is 3.04. The highest BCUT2D eigenvalue weighted by Gasteiger charge is 2.12. The molecule has 138 valence electrons. The van der Waals surface area contributed by atoms with Gasteiger partial charge in [0.15, 0.2) is 17.3 Å². The molecule has 0 unspecified atom stereocenters. The number of carbonyl (C=O) groups is 2. The quantitative estimate of drug-likeness (QED) is 0.782. The molecule has 0 aliphatic carbocycles. The van der Waals surface area contributed by atoms with Gasteiger partial charge < -0.3 is 24.6 Å². The monoisotopic (exact) mass is 359 g/mol. The topological polar surface area (TPSA) is 103 Å². The molecule has 0 radical (unpaired) electrons. The molecule has 0 bridgehead atoms. The van der Waals surface area contributed by atoms with Crippen molar-refractivity contribution in [2.45, 2.75) is 26.2 Å². The number of carbonyl (C=O) groups excluding carboxylic acids is 2. The molecule has 2 heterocycles. The Morgan fingerprint density at radius 2 is 1.92 bits per heavy atom. The van der Waals surface area contributed by atoms with E-state index in [0.29, 0.717) is 37.6 Å². The summed E-state index contributed by atoms with van der Waals surface area (Å²) in [5.74, 6) is 1.92. The molecule has 2 aromatic rings. The summed E-state index contributed by atoms with van der Waals surface area (Å²) < 4.78 is 15.9. The Bertz CT molecular complexity index is 787. The normalized spacial score (nSPS) is 12.5. The van der Waals surface area contributed by atoms with Crippen LogP contribution in [0.4, 0.5) is 5.82 Å². The minimum atomic E-state index is -0.349. The molecule has 0 spiro atoms. The third-order valence-electron chi connectivity index (χ3n) is 3.82. The van der Waals surface area contributed by atoms with Gasteiger partial charge in [-0.25, -0.2) is 0 Å². The predicted molar refractivity (Wildman–Crippen MR) is 93.2 cm³/mol. The first-order valence-corrected chi connectivity index (χ1v) is 8.48. The molecule has 8 heteroatoms. The molecule has 8 nitrogen and oxygen atoms in total. The van der Waals surface area contributed by atoms with E-state index >= 15 is 0 Å². The van der Waals surface area contributed by atoms with Crippen LogP contribution in [-0.4, -0.2) is 36.7 Å². The molecule has 1 aliphatic rings. The van der Waals surface area contributed by atoms with Gasteiger partial charge in [-0.3, -0.25) is 9.59 Å². The fourth-order valence-electron chi connectivity index (χ4n) is 2.58. The second-order valence-electron chi connectivity index (χ2n) is 5.98. The molecule has 0 saturated heterocycles. The van der Waals surface area contributed by atoms with E-state index in [1.165, 1.54) is 0 Å². The number of nitrogens with zero attached hydrogens (tertiary/aromatic N) is 1. The highest BCUT2D eigenvalue weighted by atomic mass is 16.6. The summed E-state index contributed by atoms with van der Waals surface area (Å²) in [6, 6.07) is 7.41. The molecule has 0 atom stereocenters. The summed E-state index contributed by atoms with van der Waals surface area (Å²) in [5, 5.41) is 8.79. The van der Waals surface area contributed by atoms with Crippen molar-refractivity contribution in [1.82, 2.24) is 10.5 Å². The molecule has 3 rings (SSSR count). The van der Waals surface area contributed by atoms with Crippen molar-refractivity contribution in [2.24, 2.45) is 0 Å². The lowest BCUT2D eigenvalue weighted by Gasteiger charge is -2.18. The molecule has 0 saturated carbocycles. The number of aromatic nitrogens is 1. The molecule has 2 N–H and O–H groups in total. The average molecular weight is 359 g/mol. The Balaban J connectivity index is 1.35. The van der Waals surface area contributed by atoms with Gasteiger partial charge in [0, 0.05) is 12.5 Å². The van der Waals surface area contributed by atoms with Gasteiger partial charge in [-0.15, -0.1) is 0 Å². The largest absolute Gasteiger partial charge is 0.486 e. The summed E-state index contributed by atoms with van der Waals surface area (Å²) >= 11 is 0. The molecule has 1 aromatic carbocycles. The number of benzene rings is 1. The van der Waals surface area contributed by atoms with Crippen molar-refractivity contribution >= 4 is 17.6 Å². The number of ether oxygens (including phenoxy) is 2. The van der Waals surface area contributed by atoms with E-state index in [4.69, 9.17) is 14.0 Å².